The molecule has 6 atom stereocenters. The molecule has 6 aliphatic heterocycles. The van der Waals surface area contributed by atoms with Crippen molar-refractivity contribution in [3.8, 4) is 0 Å². The van der Waals surface area contributed by atoms with Crippen LogP contribution in [-0.4, -0.2) is 167 Å². The van der Waals surface area contributed by atoms with Gasteiger partial charge in [0, 0.05) is 5.41 Å². The Morgan fingerprint density at radius 2 is 0.786 bits per heavy atom. The van der Waals surface area contributed by atoms with Crippen LogP contribution in [0.4, 0.5) is 0 Å². The van der Waals surface area contributed by atoms with Gasteiger partial charge in [0.15, 0.2) is 0 Å². The first-order valence-electron chi connectivity index (χ1n) is 14.9. The lowest BCUT2D eigenvalue weighted by atomic mass is 9.96. The summed E-state index contributed by atoms with van der Waals surface area (Å²) in [5.74, 6) is 0. The number of aliphatic hydroxyl groups is 1. The quantitative estimate of drug-likeness (QED) is 0.0867. The predicted octanol–water partition coefficient (Wildman–Crippen LogP) is -0.230. The molecule has 6 heterocycles. The Bertz CT molecular complexity index is 636. The Hall–Kier alpha value is -0.560. The van der Waals surface area contributed by atoms with Gasteiger partial charge in [-0.1, -0.05) is 13.8 Å². The molecule has 6 fully saturated rings. The maximum Gasteiger partial charge on any atom is 0.149 e. The Labute approximate surface area is 248 Å². The van der Waals surface area contributed by atoms with Crippen LogP contribution in [0, 0.1) is 5.41 Å². The minimum atomic E-state index is -0.549. The van der Waals surface area contributed by atoms with Gasteiger partial charge < -0.3 is 66.7 Å². The molecule has 6 unspecified atom stereocenters. The van der Waals surface area contributed by atoms with Gasteiger partial charge in [-0.2, -0.15) is 0 Å². The zero-order valence-corrected chi connectivity index (χ0v) is 25.0. The van der Waals surface area contributed by atoms with E-state index < -0.39 is 6.10 Å². The number of hydrogen-bond donors (Lipinski definition) is 1. The third-order valence-electron chi connectivity index (χ3n) is 6.18. The van der Waals surface area contributed by atoms with E-state index >= 15 is 0 Å². The van der Waals surface area contributed by atoms with E-state index in [1.165, 1.54) is 0 Å². The van der Waals surface area contributed by atoms with Crippen molar-refractivity contribution >= 4 is 0 Å². The van der Waals surface area contributed by atoms with E-state index in [1.807, 2.05) is 0 Å². The molecule has 0 amide bonds. The molecular weight excluding hydrogens is 560 g/mol. The highest BCUT2D eigenvalue weighted by Gasteiger charge is 2.28. The van der Waals surface area contributed by atoms with Crippen LogP contribution in [0.2, 0.25) is 0 Å². The average Bonchev–Trinajstić information content (AvgIpc) is 3.74. The molecule has 0 aromatic carbocycles. The molecule has 0 spiro atoms. The fraction of sp³-hybridized carbons (Fsp3) is 1.00. The van der Waals surface area contributed by atoms with Gasteiger partial charge in [-0.25, -0.2) is 0 Å². The lowest BCUT2D eigenvalue weighted by Crippen LogP contribution is -2.27. The van der Waals surface area contributed by atoms with Crippen LogP contribution in [0.3, 0.4) is 0 Å². The van der Waals surface area contributed by atoms with Crippen molar-refractivity contribution in [3.05, 3.63) is 0 Å². The summed E-state index contributed by atoms with van der Waals surface area (Å²) in [5.41, 5.74) is 0.0732. The van der Waals surface area contributed by atoms with Crippen LogP contribution in [0.15, 0.2) is 0 Å². The molecule has 14 heteroatoms. The molecule has 14 nitrogen and oxygen atoms in total. The van der Waals surface area contributed by atoms with E-state index in [2.05, 4.69) is 13.8 Å². The molecule has 0 saturated carbocycles. The average molecular weight is 611 g/mol. The van der Waals surface area contributed by atoms with Gasteiger partial charge in [0.1, 0.15) is 56.3 Å². The smallest absolute Gasteiger partial charge is 0.149 e. The van der Waals surface area contributed by atoms with Gasteiger partial charge >= 0.3 is 0 Å². The second kappa shape index (κ2) is 19.1. The second-order valence-electron chi connectivity index (χ2n) is 11.8. The van der Waals surface area contributed by atoms with E-state index in [9.17, 15) is 5.11 Å². The topological polar surface area (TPSA) is 160 Å². The monoisotopic (exact) mass is 610 g/mol. The number of rotatable bonds is 24. The van der Waals surface area contributed by atoms with Crippen LogP contribution >= 0.6 is 0 Å². The molecule has 1 N–H and O–H groups in total. The van der Waals surface area contributed by atoms with Crippen LogP contribution in [0.25, 0.3) is 0 Å². The Morgan fingerprint density at radius 1 is 0.500 bits per heavy atom. The molecule has 0 aromatic heterocycles. The van der Waals surface area contributed by atoms with Crippen LogP contribution in [0.1, 0.15) is 13.8 Å². The SMILES string of the molecule is C(OCOCC1CO1)OCC1CO1.CC(C)(COCC1CO1)COCC1CO1.OC(COCC1CO1)COCC1CO1. The van der Waals surface area contributed by atoms with Gasteiger partial charge in [-0.3, -0.25) is 0 Å². The summed E-state index contributed by atoms with van der Waals surface area (Å²) in [6, 6.07) is 0. The highest BCUT2D eigenvalue weighted by molar-refractivity contribution is 4.73. The normalized spacial score (nSPS) is 30.4. The minimum absolute atomic E-state index is 0.0732. The van der Waals surface area contributed by atoms with E-state index in [1.54, 1.807) is 0 Å². The molecule has 246 valence electrons. The van der Waals surface area contributed by atoms with Crippen LogP contribution in [-0.2, 0) is 61.6 Å². The summed E-state index contributed by atoms with van der Waals surface area (Å²) >= 11 is 0. The van der Waals surface area contributed by atoms with Gasteiger partial charge in [-0.15, -0.1) is 0 Å². The molecule has 42 heavy (non-hydrogen) atoms. The zero-order chi connectivity index (χ0) is 29.5. The lowest BCUT2D eigenvalue weighted by Gasteiger charge is -2.23. The van der Waals surface area contributed by atoms with Gasteiger partial charge in [0.2, 0.25) is 0 Å². The van der Waals surface area contributed by atoms with Crippen molar-refractivity contribution < 1.29 is 66.7 Å². The molecular formula is C28H50O14. The molecule has 0 aromatic rings. The highest BCUT2D eigenvalue weighted by Crippen LogP contribution is 2.19. The summed E-state index contributed by atoms with van der Waals surface area (Å²) < 4.78 is 66.8. The minimum Gasteiger partial charge on any atom is -0.388 e. The first kappa shape index (κ1) is 34.3. The van der Waals surface area contributed by atoms with Crippen molar-refractivity contribution in [2.45, 2.75) is 56.6 Å². The summed E-state index contributed by atoms with van der Waals surface area (Å²) in [6.45, 7) is 15.6. The molecule has 0 radical (unpaired) electrons. The van der Waals surface area contributed by atoms with Crippen molar-refractivity contribution in [1.29, 1.82) is 0 Å². The van der Waals surface area contributed by atoms with Crippen LogP contribution in [0.5, 0.6) is 0 Å². The Kier molecular flexibility index (Phi) is 15.6. The highest BCUT2D eigenvalue weighted by atomic mass is 16.7. The molecule has 6 rings (SSSR count). The standard InChI is InChI=1S/C11H20O4.C9H16O5.C8H14O5/c1-11(2,7-12-3-9-5-14-9)8-13-4-10-6-15-10;10-7(1-11-3-8-5-13-8)2-12-4-9-6-14-9;1(7-3-12-7)9-5-11-6-10-2-8-4-13-8/h9-10H,3-8H2,1-2H3;7-10H,1-6H2;7-8H,1-6H2. The first-order chi connectivity index (χ1) is 20.4. The Morgan fingerprint density at radius 3 is 1.10 bits per heavy atom. The fourth-order valence-corrected chi connectivity index (χ4v) is 3.19. The van der Waals surface area contributed by atoms with E-state index in [0.717, 1.165) is 66.1 Å². The van der Waals surface area contributed by atoms with Gasteiger partial charge in [0.25, 0.3) is 0 Å². The molecule has 6 aliphatic rings. The van der Waals surface area contributed by atoms with Crippen molar-refractivity contribution in [1.82, 2.24) is 0 Å². The first-order valence-corrected chi connectivity index (χ1v) is 14.9. The van der Waals surface area contributed by atoms with E-state index in [-0.39, 0.29) is 31.2 Å². The third kappa shape index (κ3) is 20.4. The lowest BCUT2D eigenvalue weighted by molar-refractivity contribution is -0.133. The largest absolute Gasteiger partial charge is 0.388 e. The Balaban J connectivity index is 0.000000145. The van der Waals surface area contributed by atoms with Gasteiger partial charge in [-0.05, 0) is 0 Å². The second-order valence-corrected chi connectivity index (χ2v) is 11.8. The summed E-state index contributed by atoms with van der Waals surface area (Å²) in [5, 5.41) is 9.38. The third-order valence-corrected chi connectivity index (χ3v) is 6.18. The number of aliphatic hydroxyl groups excluding tert-OH is 1. The van der Waals surface area contributed by atoms with Gasteiger partial charge in [0.05, 0.1) is 106 Å². The number of ether oxygens (including phenoxy) is 13. The number of hydrogen-bond acceptors (Lipinski definition) is 14. The summed E-state index contributed by atoms with van der Waals surface area (Å²) in [6.07, 6.45) is 1.25. The van der Waals surface area contributed by atoms with E-state index in [0.29, 0.717) is 64.1 Å². The molecule has 0 aliphatic carbocycles. The maximum absolute atomic E-state index is 9.38. The molecule has 0 bridgehead atoms. The molecule has 6 saturated heterocycles. The van der Waals surface area contributed by atoms with Crippen molar-refractivity contribution in [2.75, 3.05) is 119 Å². The number of epoxide rings is 6. The van der Waals surface area contributed by atoms with Crippen LogP contribution < -0.4 is 0 Å². The maximum atomic E-state index is 9.38. The summed E-state index contributed by atoms with van der Waals surface area (Å²) in [7, 11) is 0. The fourth-order valence-electron chi connectivity index (χ4n) is 3.19. The van der Waals surface area contributed by atoms with Crippen molar-refractivity contribution in [3.63, 3.8) is 0 Å². The van der Waals surface area contributed by atoms with Crippen molar-refractivity contribution in [2.24, 2.45) is 5.41 Å². The summed E-state index contributed by atoms with van der Waals surface area (Å²) in [4.78, 5) is 0. The van der Waals surface area contributed by atoms with E-state index in [4.69, 9.17) is 61.6 Å². The zero-order valence-electron chi connectivity index (χ0n) is 25.0. The predicted molar refractivity (Wildman–Crippen MR) is 144 cm³/mol.